The van der Waals surface area contributed by atoms with Crippen LogP contribution >= 0.6 is 23.5 Å². The van der Waals surface area contributed by atoms with Crippen molar-refractivity contribution in [3.8, 4) is 0 Å². The van der Waals surface area contributed by atoms with Crippen molar-refractivity contribution in [1.82, 2.24) is 0 Å². The van der Waals surface area contributed by atoms with Crippen LogP contribution in [0.2, 0.25) is 0 Å². The molecule has 1 atom stereocenters. The van der Waals surface area contributed by atoms with E-state index in [-0.39, 0.29) is 10.4 Å². The van der Waals surface area contributed by atoms with E-state index in [9.17, 15) is 9.90 Å². The molecule has 1 N–H and O–H groups in total. The molecule has 0 aromatic carbocycles. The van der Waals surface area contributed by atoms with Gasteiger partial charge in [0.2, 0.25) is 0 Å². The fourth-order valence-electron chi connectivity index (χ4n) is 1.43. The van der Waals surface area contributed by atoms with Crippen LogP contribution in [-0.2, 0) is 4.79 Å². The van der Waals surface area contributed by atoms with Crippen LogP contribution in [0, 0.1) is 0 Å². The van der Waals surface area contributed by atoms with Gasteiger partial charge in [0.15, 0.2) is 5.78 Å². The zero-order valence-electron chi connectivity index (χ0n) is 6.58. The standard InChI is InChI=1S/C8H10O2S2/c9-5-1-3-11-8-7(5)6(10)2-4-12-8/h8-9H,1-4H2/t8-/m1/s1. The van der Waals surface area contributed by atoms with E-state index < -0.39 is 0 Å². The Hall–Kier alpha value is -0.0900. The summed E-state index contributed by atoms with van der Waals surface area (Å²) in [5, 5.41) is 9.51. The van der Waals surface area contributed by atoms with Gasteiger partial charge in [-0.25, -0.2) is 0 Å². The smallest absolute Gasteiger partial charge is 0.165 e. The molecule has 66 valence electrons. The minimum Gasteiger partial charge on any atom is -0.512 e. The van der Waals surface area contributed by atoms with Crippen molar-refractivity contribution in [2.45, 2.75) is 17.4 Å². The second-order valence-electron chi connectivity index (χ2n) is 2.86. The van der Waals surface area contributed by atoms with E-state index >= 15 is 0 Å². The zero-order chi connectivity index (χ0) is 8.55. The fourth-order valence-corrected chi connectivity index (χ4v) is 4.31. The summed E-state index contributed by atoms with van der Waals surface area (Å²) >= 11 is 3.56. The third kappa shape index (κ3) is 1.38. The summed E-state index contributed by atoms with van der Waals surface area (Å²) in [6, 6.07) is 0. The molecule has 2 aliphatic rings. The van der Waals surface area contributed by atoms with Gasteiger partial charge in [-0.2, -0.15) is 0 Å². The number of aliphatic hydroxyl groups excluding tert-OH is 1. The van der Waals surface area contributed by atoms with E-state index in [1.54, 1.807) is 23.5 Å². The number of Topliss-reactive ketones (excluding diaryl/α,β-unsaturated/α-hetero) is 1. The van der Waals surface area contributed by atoms with Crippen molar-refractivity contribution in [2.24, 2.45) is 0 Å². The molecule has 0 aromatic heterocycles. The number of fused-ring (bicyclic) bond motifs is 1. The van der Waals surface area contributed by atoms with Gasteiger partial charge < -0.3 is 5.11 Å². The van der Waals surface area contributed by atoms with Gasteiger partial charge in [-0.05, 0) is 0 Å². The maximum atomic E-state index is 11.4. The number of aliphatic hydroxyl groups is 1. The molecule has 0 radical (unpaired) electrons. The first-order chi connectivity index (χ1) is 5.79. The molecule has 2 rings (SSSR count). The molecular formula is C8H10O2S2. The second kappa shape index (κ2) is 3.34. The molecule has 2 aliphatic heterocycles. The number of allylic oxidation sites excluding steroid dienone is 1. The third-order valence-corrected chi connectivity index (χ3v) is 4.83. The number of hydrogen-bond donors (Lipinski definition) is 1. The van der Waals surface area contributed by atoms with Crippen molar-refractivity contribution in [2.75, 3.05) is 11.5 Å². The van der Waals surface area contributed by atoms with Gasteiger partial charge in [0, 0.05) is 24.3 Å². The van der Waals surface area contributed by atoms with Crippen molar-refractivity contribution < 1.29 is 9.90 Å². The predicted octanol–water partition coefficient (Wildman–Crippen LogP) is 1.97. The number of rotatable bonds is 0. The molecule has 12 heavy (non-hydrogen) atoms. The Morgan fingerprint density at radius 3 is 2.58 bits per heavy atom. The molecule has 0 unspecified atom stereocenters. The largest absolute Gasteiger partial charge is 0.512 e. The Morgan fingerprint density at radius 1 is 1.25 bits per heavy atom. The fraction of sp³-hybridized carbons (Fsp3) is 0.625. The zero-order valence-corrected chi connectivity index (χ0v) is 8.21. The van der Waals surface area contributed by atoms with E-state index in [4.69, 9.17) is 0 Å². The van der Waals surface area contributed by atoms with Gasteiger partial charge in [0.1, 0.15) is 5.76 Å². The Bertz CT molecular complexity index is 247. The molecule has 0 aromatic rings. The molecule has 4 heteroatoms. The summed E-state index contributed by atoms with van der Waals surface area (Å²) in [5.74, 6) is 2.35. The van der Waals surface area contributed by atoms with Crippen LogP contribution < -0.4 is 0 Å². The quantitative estimate of drug-likeness (QED) is 0.651. The Balaban J connectivity index is 2.32. The highest BCUT2D eigenvalue weighted by Crippen LogP contribution is 2.41. The van der Waals surface area contributed by atoms with Gasteiger partial charge in [-0.15, -0.1) is 23.5 Å². The van der Waals surface area contributed by atoms with E-state index in [2.05, 4.69) is 0 Å². The molecule has 1 fully saturated rings. The first-order valence-electron chi connectivity index (χ1n) is 3.97. The highest BCUT2D eigenvalue weighted by atomic mass is 32.2. The minimum atomic E-state index is 0.156. The molecular weight excluding hydrogens is 192 g/mol. The van der Waals surface area contributed by atoms with Crippen molar-refractivity contribution in [3.05, 3.63) is 11.3 Å². The Kier molecular flexibility index (Phi) is 2.37. The summed E-state index contributed by atoms with van der Waals surface area (Å²) in [7, 11) is 0. The van der Waals surface area contributed by atoms with Gasteiger partial charge in [0.05, 0.1) is 10.2 Å². The highest BCUT2D eigenvalue weighted by Gasteiger charge is 2.32. The van der Waals surface area contributed by atoms with Crippen molar-refractivity contribution in [3.63, 3.8) is 0 Å². The lowest BCUT2D eigenvalue weighted by Crippen LogP contribution is -2.24. The maximum absolute atomic E-state index is 11.4. The Morgan fingerprint density at radius 2 is 1.92 bits per heavy atom. The summed E-state index contributed by atoms with van der Waals surface area (Å²) in [5.41, 5.74) is 0.697. The summed E-state index contributed by atoms with van der Waals surface area (Å²) in [4.78, 5) is 11.4. The van der Waals surface area contributed by atoms with Crippen LogP contribution in [0.3, 0.4) is 0 Å². The van der Waals surface area contributed by atoms with Crippen LogP contribution in [0.25, 0.3) is 0 Å². The molecule has 0 saturated carbocycles. The second-order valence-corrected chi connectivity index (χ2v) is 5.58. The molecule has 2 heterocycles. The van der Waals surface area contributed by atoms with E-state index in [0.29, 0.717) is 24.2 Å². The summed E-state index contributed by atoms with van der Waals surface area (Å²) in [6.07, 6.45) is 1.27. The topological polar surface area (TPSA) is 37.3 Å². The molecule has 0 bridgehead atoms. The third-order valence-electron chi connectivity index (χ3n) is 2.05. The first kappa shape index (κ1) is 8.51. The average Bonchev–Trinajstić information content (AvgIpc) is 2.04. The lowest BCUT2D eigenvalue weighted by Gasteiger charge is -2.27. The highest BCUT2D eigenvalue weighted by molar-refractivity contribution is 8.17. The van der Waals surface area contributed by atoms with Crippen LogP contribution in [-0.4, -0.2) is 27.0 Å². The van der Waals surface area contributed by atoms with E-state index in [0.717, 1.165) is 11.5 Å². The molecule has 0 spiro atoms. The van der Waals surface area contributed by atoms with Crippen molar-refractivity contribution in [1.29, 1.82) is 0 Å². The number of thioether (sulfide) groups is 2. The van der Waals surface area contributed by atoms with Crippen LogP contribution in [0.5, 0.6) is 0 Å². The number of hydrogen-bond acceptors (Lipinski definition) is 4. The van der Waals surface area contributed by atoms with Gasteiger partial charge in [-0.1, -0.05) is 0 Å². The van der Waals surface area contributed by atoms with Crippen molar-refractivity contribution >= 4 is 29.3 Å². The lowest BCUT2D eigenvalue weighted by molar-refractivity contribution is -0.115. The normalized spacial score (nSPS) is 30.3. The molecule has 2 nitrogen and oxygen atoms in total. The van der Waals surface area contributed by atoms with Crippen LogP contribution in [0.15, 0.2) is 11.3 Å². The minimum absolute atomic E-state index is 0.156. The average molecular weight is 202 g/mol. The van der Waals surface area contributed by atoms with Crippen LogP contribution in [0.4, 0.5) is 0 Å². The number of ketones is 1. The molecule has 0 aliphatic carbocycles. The van der Waals surface area contributed by atoms with E-state index in [1.165, 1.54) is 0 Å². The Labute approximate surface area is 79.8 Å². The maximum Gasteiger partial charge on any atom is 0.165 e. The monoisotopic (exact) mass is 202 g/mol. The number of carbonyl (C=O) groups is 1. The van der Waals surface area contributed by atoms with Gasteiger partial charge in [-0.3, -0.25) is 4.79 Å². The van der Waals surface area contributed by atoms with Crippen LogP contribution in [0.1, 0.15) is 12.8 Å². The summed E-state index contributed by atoms with van der Waals surface area (Å²) < 4.78 is 0.222. The van der Waals surface area contributed by atoms with E-state index in [1.807, 2.05) is 0 Å². The van der Waals surface area contributed by atoms with Gasteiger partial charge >= 0.3 is 0 Å². The lowest BCUT2D eigenvalue weighted by atomic mass is 10.1. The first-order valence-corrected chi connectivity index (χ1v) is 6.07. The molecule has 1 saturated heterocycles. The predicted molar refractivity (Wildman–Crippen MR) is 52.6 cm³/mol. The van der Waals surface area contributed by atoms with Gasteiger partial charge in [0.25, 0.3) is 0 Å². The summed E-state index contributed by atoms with van der Waals surface area (Å²) in [6.45, 7) is 0. The SMILES string of the molecule is O=C1CCS[C@H]2SCCC(O)=C12. The number of carbonyl (C=O) groups excluding carboxylic acids is 1. The molecule has 0 amide bonds.